The van der Waals surface area contributed by atoms with E-state index in [0.717, 1.165) is 25.5 Å². The second-order valence-corrected chi connectivity index (χ2v) is 3.68. The average molecular weight is 231 g/mol. The molecule has 3 nitrogen and oxygen atoms in total. The first-order valence-corrected chi connectivity index (χ1v) is 5.61. The zero-order valence-electron chi connectivity index (χ0n) is 9.46. The normalized spacial score (nSPS) is 14.1. The van der Waals surface area contributed by atoms with Gasteiger partial charge in [-0.05, 0) is 24.6 Å². The van der Waals surface area contributed by atoms with Crippen molar-refractivity contribution in [1.82, 2.24) is 10.6 Å². The summed E-state index contributed by atoms with van der Waals surface area (Å²) < 4.78 is 12.9. The van der Waals surface area contributed by atoms with Gasteiger partial charge in [0.25, 0.3) is 0 Å². The van der Waals surface area contributed by atoms with Crippen LogP contribution in [0.4, 0.5) is 4.39 Å². The Morgan fingerprint density at radius 1 is 1.47 bits per heavy atom. The van der Waals surface area contributed by atoms with Crippen molar-refractivity contribution in [2.24, 2.45) is 4.99 Å². The molecule has 1 heterocycles. The summed E-state index contributed by atoms with van der Waals surface area (Å²) in [5, 5.41) is 6.22. The van der Waals surface area contributed by atoms with E-state index in [4.69, 9.17) is 0 Å². The first-order chi connectivity index (χ1) is 8.34. The van der Waals surface area contributed by atoms with E-state index in [1.54, 1.807) is 12.1 Å². The Bertz CT molecular complexity index is 471. The van der Waals surface area contributed by atoms with Crippen LogP contribution >= 0.6 is 0 Å². The molecule has 1 aromatic carbocycles. The second-order valence-electron chi connectivity index (χ2n) is 3.68. The number of benzene rings is 1. The van der Waals surface area contributed by atoms with Crippen LogP contribution in [0.3, 0.4) is 0 Å². The summed E-state index contributed by atoms with van der Waals surface area (Å²) in [6.45, 7) is 2.30. The SMILES string of the molecule is Fc1cccc(C#CCNC2=NCCCN2)c1. The van der Waals surface area contributed by atoms with Gasteiger partial charge < -0.3 is 10.6 Å². The minimum atomic E-state index is -0.261. The molecule has 0 atom stereocenters. The van der Waals surface area contributed by atoms with Crippen LogP contribution in [0.15, 0.2) is 29.3 Å². The van der Waals surface area contributed by atoms with Gasteiger partial charge in [0, 0.05) is 18.7 Å². The second kappa shape index (κ2) is 5.90. The molecule has 2 rings (SSSR count). The summed E-state index contributed by atoms with van der Waals surface area (Å²) in [6.07, 6.45) is 1.07. The van der Waals surface area contributed by atoms with Gasteiger partial charge in [0.15, 0.2) is 5.96 Å². The third-order valence-electron chi connectivity index (χ3n) is 2.30. The lowest BCUT2D eigenvalue weighted by Crippen LogP contribution is -2.40. The van der Waals surface area contributed by atoms with Crippen molar-refractivity contribution in [2.75, 3.05) is 19.6 Å². The van der Waals surface area contributed by atoms with Crippen LogP contribution in [0.25, 0.3) is 0 Å². The van der Waals surface area contributed by atoms with E-state index in [1.165, 1.54) is 12.1 Å². The summed E-state index contributed by atoms with van der Waals surface area (Å²) in [5.41, 5.74) is 0.686. The lowest BCUT2D eigenvalue weighted by atomic mass is 10.2. The predicted octanol–water partition coefficient (Wildman–Crippen LogP) is 1.12. The van der Waals surface area contributed by atoms with Gasteiger partial charge in [-0.25, -0.2) is 4.39 Å². The molecule has 0 fully saturated rings. The van der Waals surface area contributed by atoms with Gasteiger partial charge in [0.05, 0.1) is 6.54 Å². The summed E-state index contributed by atoms with van der Waals surface area (Å²) in [6, 6.07) is 6.26. The fourth-order valence-electron chi connectivity index (χ4n) is 1.49. The molecule has 0 amide bonds. The van der Waals surface area contributed by atoms with E-state index in [9.17, 15) is 4.39 Å². The number of halogens is 1. The van der Waals surface area contributed by atoms with Crippen molar-refractivity contribution in [3.05, 3.63) is 35.6 Å². The average Bonchev–Trinajstić information content (AvgIpc) is 2.36. The molecular formula is C13H14FN3. The molecule has 0 bridgehead atoms. The number of nitrogens with zero attached hydrogens (tertiary/aromatic N) is 1. The molecule has 0 spiro atoms. The predicted molar refractivity (Wildman–Crippen MR) is 66.2 cm³/mol. The van der Waals surface area contributed by atoms with E-state index in [1.807, 2.05) is 0 Å². The Kier molecular flexibility index (Phi) is 3.98. The molecule has 17 heavy (non-hydrogen) atoms. The number of guanidine groups is 1. The van der Waals surface area contributed by atoms with Crippen LogP contribution < -0.4 is 10.6 Å². The topological polar surface area (TPSA) is 36.4 Å². The fraction of sp³-hybridized carbons (Fsp3) is 0.308. The first-order valence-electron chi connectivity index (χ1n) is 5.61. The van der Waals surface area contributed by atoms with Crippen LogP contribution in [0.1, 0.15) is 12.0 Å². The molecule has 0 aliphatic carbocycles. The van der Waals surface area contributed by atoms with Crippen molar-refractivity contribution >= 4 is 5.96 Å². The quantitative estimate of drug-likeness (QED) is 0.710. The third kappa shape index (κ3) is 3.80. The highest BCUT2D eigenvalue weighted by Crippen LogP contribution is 2.00. The minimum Gasteiger partial charge on any atom is -0.356 e. The van der Waals surface area contributed by atoms with Crippen LogP contribution in [-0.2, 0) is 0 Å². The van der Waals surface area contributed by atoms with Crippen molar-refractivity contribution in [3.63, 3.8) is 0 Å². The zero-order chi connectivity index (χ0) is 11.9. The highest BCUT2D eigenvalue weighted by molar-refractivity contribution is 5.80. The number of aliphatic imine (C=N–C) groups is 1. The Hall–Kier alpha value is -2.02. The van der Waals surface area contributed by atoms with Gasteiger partial charge >= 0.3 is 0 Å². The molecule has 1 aliphatic heterocycles. The van der Waals surface area contributed by atoms with Crippen molar-refractivity contribution in [1.29, 1.82) is 0 Å². The number of hydrogen-bond acceptors (Lipinski definition) is 3. The fourth-order valence-corrected chi connectivity index (χ4v) is 1.49. The van der Waals surface area contributed by atoms with Gasteiger partial charge in [-0.2, -0.15) is 0 Å². The Morgan fingerprint density at radius 2 is 2.41 bits per heavy atom. The van der Waals surface area contributed by atoms with Crippen LogP contribution in [0, 0.1) is 17.7 Å². The minimum absolute atomic E-state index is 0.261. The molecule has 0 radical (unpaired) electrons. The molecule has 88 valence electrons. The summed E-state index contributed by atoms with van der Waals surface area (Å²) >= 11 is 0. The molecule has 0 saturated heterocycles. The zero-order valence-corrected chi connectivity index (χ0v) is 9.46. The lowest BCUT2D eigenvalue weighted by molar-refractivity contribution is 0.627. The lowest BCUT2D eigenvalue weighted by Gasteiger charge is -2.14. The maximum atomic E-state index is 12.9. The Balaban J connectivity index is 1.84. The monoisotopic (exact) mass is 231 g/mol. The van der Waals surface area contributed by atoms with E-state index < -0.39 is 0 Å². The highest BCUT2D eigenvalue weighted by Gasteiger charge is 2.00. The largest absolute Gasteiger partial charge is 0.356 e. The van der Waals surface area contributed by atoms with Crippen molar-refractivity contribution < 1.29 is 4.39 Å². The van der Waals surface area contributed by atoms with Crippen molar-refractivity contribution in [3.8, 4) is 11.8 Å². The molecule has 1 aliphatic rings. The number of nitrogens with one attached hydrogen (secondary N) is 2. The van der Waals surface area contributed by atoms with Crippen molar-refractivity contribution in [2.45, 2.75) is 6.42 Å². The highest BCUT2D eigenvalue weighted by atomic mass is 19.1. The number of rotatable bonds is 1. The molecule has 0 unspecified atom stereocenters. The number of hydrogen-bond donors (Lipinski definition) is 2. The molecule has 0 aromatic heterocycles. The van der Waals surface area contributed by atoms with Gasteiger partial charge in [0.1, 0.15) is 5.82 Å². The van der Waals surface area contributed by atoms with Crippen LogP contribution in [-0.4, -0.2) is 25.6 Å². The molecular weight excluding hydrogens is 217 g/mol. The van der Waals surface area contributed by atoms with E-state index in [2.05, 4.69) is 27.5 Å². The summed E-state index contributed by atoms with van der Waals surface area (Å²) in [5.74, 6) is 6.35. The van der Waals surface area contributed by atoms with Crippen LogP contribution in [0.2, 0.25) is 0 Å². The Labute approximate surface area is 100 Å². The molecule has 1 aromatic rings. The van der Waals surface area contributed by atoms with Gasteiger partial charge in [-0.15, -0.1) is 0 Å². The first kappa shape index (κ1) is 11.5. The van der Waals surface area contributed by atoms with Crippen LogP contribution in [0.5, 0.6) is 0 Å². The maximum Gasteiger partial charge on any atom is 0.192 e. The molecule has 4 heteroatoms. The van der Waals surface area contributed by atoms with E-state index in [0.29, 0.717) is 12.1 Å². The third-order valence-corrected chi connectivity index (χ3v) is 2.30. The summed E-state index contributed by atoms with van der Waals surface area (Å²) in [4.78, 5) is 4.25. The van der Waals surface area contributed by atoms with Gasteiger partial charge in [-0.3, -0.25) is 4.99 Å². The standard InChI is InChI=1S/C13H14FN3/c14-12-6-1-4-11(10-12)5-2-7-15-13-16-8-3-9-17-13/h1,4,6,10H,3,7-9H2,(H2,15,16,17). The molecule has 2 N–H and O–H groups in total. The van der Waals surface area contributed by atoms with Gasteiger partial charge in [0.2, 0.25) is 0 Å². The molecule has 0 saturated carbocycles. The Morgan fingerprint density at radius 3 is 3.18 bits per heavy atom. The van der Waals surface area contributed by atoms with E-state index >= 15 is 0 Å². The van der Waals surface area contributed by atoms with E-state index in [-0.39, 0.29) is 5.82 Å². The summed E-state index contributed by atoms with van der Waals surface area (Å²) in [7, 11) is 0. The maximum absolute atomic E-state index is 12.9. The smallest absolute Gasteiger partial charge is 0.192 e. The van der Waals surface area contributed by atoms with Gasteiger partial charge in [-0.1, -0.05) is 17.9 Å².